The summed E-state index contributed by atoms with van der Waals surface area (Å²) in [6, 6.07) is 5.63. The number of benzene rings is 1. The molecule has 0 saturated heterocycles. The number of hydrogen-bond acceptors (Lipinski definition) is 5. The zero-order chi connectivity index (χ0) is 18.9. The summed E-state index contributed by atoms with van der Waals surface area (Å²) >= 11 is 0. The summed E-state index contributed by atoms with van der Waals surface area (Å²) in [6.45, 7) is 9.12. The minimum Gasteiger partial charge on any atom is -0.493 e. The number of aryl methyl sites for hydroxylation is 1. The van der Waals surface area contributed by atoms with Crippen molar-refractivity contribution in [3.63, 3.8) is 0 Å². The fourth-order valence-corrected chi connectivity index (χ4v) is 2.20. The van der Waals surface area contributed by atoms with E-state index in [0.29, 0.717) is 37.2 Å². The first-order chi connectivity index (χ1) is 12.6. The Morgan fingerprint density at radius 3 is 2.70 bits per heavy atom. The Morgan fingerprint density at radius 2 is 2.11 bits per heavy atom. The van der Waals surface area contributed by atoms with Crippen LogP contribution in [0.2, 0.25) is 0 Å². The number of aliphatic imine (C=N–C) groups is 1. The van der Waals surface area contributed by atoms with E-state index in [4.69, 9.17) is 9.47 Å². The molecule has 1 aromatic carbocycles. The third kappa shape index (κ3) is 6.42. The van der Waals surface area contributed by atoms with Crippen molar-refractivity contribution in [1.29, 1.82) is 0 Å². The molecule has 8 nitrogen and oxygen atoms in total. The number of ether oxygens (including phenoxy) is 2. The SMILES string of the molecule is C=CCNC(=NCc1nnc(C)n1C)Nc1ccc(OCC)c(OC)c1.I. The number of nitrogens with zero attached hydrogens (tertiary/aromatic N) is 4. The van der Waals surface area contributed by atoms with Crippen LogP contribution in [0.4, 0.5) is 5.69 Å². The number of halogens is 1. The number of aromatic nitrogens is 3. The molecule has 0 spiro atoms. The lowest BCUT2D eigenvalue weighted by molar-refractivity contribution is 0.311. The summed E-state index contributed by atoms with van der Waals surface area (Å²) in [5.74, 6) is 3.60. The van der Waals surface area contributed by atoms with E-state index in [0.717, 1.165) is 17.3 Å². The predicted octanol–water partition coefficient (Wildman–Crippen LogP) is 2.89. The molecule has 9 heteroatoms. The number of nitrogens with one attached hydrogen (secondary N) is 2. The maximum absolute atomic E-state index is 5.54. The summed E-state index contributed by atoms with van der Waals surface area (Å²) in [4.78, 5) is 4.57. The number of guanidine groups is 1. The maximum atomic E-state index is 5.54. The van der Waals surface area contributed by atoms with Crippen LogP contribution in [-0.4, -0.2) is 41.0 Å². The highest BCUT2D eigenvalue weighted by Gasteiger charge is 2.08. The van der Waals surface area contributed by atoms with Gasteiger partial charge in [-0.2, -0.15) is 0 Å². The molecule has 148 valence electrons. The van der Waals surface area contributed by atoms with Crippen molar-refractivity contribution in [2.24, 2.45) is 12.0 Å². The van der Waals surface area contributed by atoms with Gasteiger partial charge in [0.05, 0.1) is 13.7 Å². The van der Waals surface area contributed by atoms with Gasteiger partial charge in [0.1, 0.15) is 12.4 Å². The Morgan fingerprint density at radius 1 is 1.33 bits per heavy atom. The Balaban J connectivity index is 0.00000364. The number of anilines is 1. The third-order valence-electron chi connectivity index (χ3n) is 3.70. The molecule has 0 radical (unpaired) electrons. The second-order valence-corrected chi connectivity index (χ2v) is 5.48. The lowest BCUT2D eigenvalue weighted by Crippen LogP contribution is -2.31. The van der Waals surface area contributed by atoms with Gasteiger partial charge in [0.15, 0.2) is 23.3 Å². The minimum atomic E-state index is 0. The first-order valence-electron chi connectivity index (χ1n) is 8.41. The van der Waals surface area contributed by atoms with Crippen LogP contribution < -0.4 is 20.1 Å². The summed E-state index contributed by atoms with van der Waals surface area (Å²) in [5, 5.41) is 14.6. The first kappa shape index (κ1) is 22.7. The molecule has 0 aliphatic heterocycles. The fourth-order valence-electron chi connectivity index (χ4n) is 2.20. The average molecular weight is 486 g/mol. The summed E-state index contributed by atoms with van der Waals surface area (Å²) in [7, 11) is 3.53. The van der Waals surface area contributed by atoms with Gasteiger partial charge in [-0.3, -0.25) is 0 Å². The molecule has 1 heterocycles. The van der Waals surface area contributed by atoms with Gasteiger partial charge < -0.3 is 24.7 Å². The predicted molar refractivity (Wildman–Crippen MR) is 118 cm³/mol. The van der Waals surface area contributed by atoms with Crippen molar-refractivity contribution in [3.8, 4) is 11.5 Å². The lowest BCUT2D eigenvalue weighted by atomic mass is 10.2. The zero-order valence-corrected chi connectivity index (χ0v) is 18.5. The Kier molecular flexibility index (Phi) is 9.62. The van der Waals surface area contributed by atoms with Crippen LogP contribution >= 0.6 is 24.0 Å². The first-order valence-corrected chi connectivity index (χ1v) is 8.41. The number of hydrogen-bond donors (Lipinski definition) is 2. The van der Waals surface area contributed by atoms with Crippen molar-refractivity contribution in [2.45, 2.75) is 20.4 Å². The molecule has 0 bridgehead atoms. The molecule has 0 aliphatic carbocycles. The van der Waals surface area contributed by atoms with Gasteiger partial charge in [0, 0.05) is 25.3 Å². The van der Waals surface area contributed by atoms with Crippen LogP contribution in [0.5, 0.6) is 11.5 Å². The van der Waals surface area contributed by atoms with E-state index in [1.54, 1.807) is 13.2 Å². The van der Waals surface area contributed by atoms with E-state index in [9.17, 15) is 0 Å². The molecular weight excluding hydrogens is 459 g/mol. The molecule has 2 N–H and O–H groups in total. The van der Waals surface area contributed by atoms with E-state index < -0.39 is 0 Å². The van der Waals surface area contributed by atoms with E-state index >= 15 is 0 Å². The van der Waals surface area contributed by atoms with Gasteiger partial charge >= 0.3 is 0 Å². The summed E-state index contributed by atoms with van der Waals surface area (Å²) in [6.07, 6.45) is 1.77. The van der Waals surface area contributed by atoms with Crippen LogP contribution in [0.1, 0.15) is 18.6 Å². The zero-order valence-electron chi connectivity index (χ0n) is 16.2. The highest BCUT2D eigenvalue weighted by atomic mass is 127. The van der Waals surface area contributed by atoms with Gasteiger partial charge in [-0.05, 0) is 26.0 Å². The fraction of sp³-hybridized carbons (Fsp3) is 0.389. The molecule has 1 aromatic heterocycles. The Hall–Kier alpha value is -2.30. The van der Waals surface area contributed by atoms with E-state index in [2.05, 4.69) is 32.4 Å². The van der Waals surface area contributed by atoms with E-state index in [1.807, 2.05) is 43.7 Å². The molecule has 0 unspecified atom stereocenters. The van der Waals surface area contributed by atoms with Gasteiger partial charge in [0.2, 0.25) is 0 Å². The minimum absolute atomic E-state index is 0. The second kappa shape index (κ2) is 11.4. The molecule has 0 aliphatic rings. The highest BCUT2D eigenvalue weighted by molar-refractivity contribution is 14.0. The molecule has 0 atom stereocenters. The van der Waals surface area contributed by atoms with Crippen LogP contribution in [0, 0.1) is 6.92 Å². The normalized spacial score (nSPS) is 10.7. The molecule has 27 heavy (non-hydrogen) atoms. The smallest absolute Gasteiger partial charge is 0.196 e. The van der Waals surface area contributed by atoms with Gasteiger partial charge in [0.25, 0.3) is 0 Å². The molecule has 2 aromatic rings. The second-order valence-electron chi connectivity index (χ2n) is 5.48. The summed E-state index contributed by atoms with van der Waals surface area (Å²) < 4.78 is 12.8. The largest absolute Gasteiger partial charge is 0.493 e. The van der Waals surface area contributed by atoms with E-state index in [1.165, 1.54) is 0 Å². The van der Waals surface area contributed by atoms with Gasteiger partial charge in [-0.15, -0.1) is 40.8 Å². The molecule has 0 amide bonds. The maximum Gasteiger partial charge on any atom is 0.196 e. The van der Waals surface area contributed by atoms with Crippen molar-refractivity contribution in [3.05, 3.63) is 42.5 Å². The summed E-state index contributed by atoms with van der Waals surface area (Å²) in [5.41, 5.74) is 0.828. The number of rotatable bonds is 8. The molecular formula is C18H27IN6O2. The van der Waals surface area contributed by atoms with Crippen LogP contribution in [0.3, 0.4) is 0 Å². The van der Waals surface area contributed by atoms with Crippen molar-refractivity contribution < 1.29 is 9.47 Å². The topological polar surface area (TPSA) is 85.6 Å². The molecule has 2 rings (SSSR count). The van der Waals surface area contributed by atoms with Gasteiger partial charge in [-0.25, -0.2) is 4.99 Å². The monoisotopic (exact) mass is 486 g/mol. The molecule has 0 fully saturated rings. The average Bonchev–Trinajstić information content (AvgIpc) is 2.97. The van der Waals surface area contributed by atoms with Crippen LogP contribution in [0.15, 0.2) is 35.8 Å². The van der Waals surface area contributed by atoms with Crippen molar-refractivity contribution in [1.82, 2.24) is 20.1 Å². The Bertz CT molecular complexity index is 775. The van der Waals surface area contributed by atoms with Crippen molar-refractivity contribution in [2.75, 3.05) is 25.6 Å². The highest BCUT2D eigenvalue weighted by Crippen LogP contribution is 2.30. The standard InChI is InChI=1S/C18H26N6O2.HI/c1-6-10-19-18(20-12-17-23-22-13(3)24(17)4)21-14-8-9-15(26-7-2)16(11-14)25-5;/h6,8-9,11H,1,7,10,12H2,2-5H3,(H2,19,20,21);1H. The lowest BCUT2D eigenvalue weighted by Gasteiger charge is -2.14. The molecule has 0 saturated carbocycles. The quantitative estimate of drug-likeness (QED) is 0.259. The van der Waals surface area contributed by atoms with Crippen LogP contribution in [-0.2, 0) is 13.6 Å². The van der Waals surface area contributed by atoms with Crippen molar-refractivity contribution >= 4 is 35.6 Å². The van der Waals surface area contributed by atoms with Crippen LogP contribution in [0.25, 0.3) is 0 Å². The third-order valence-corrected chi connectivity index (χ3v) is 3.70. The number of methoxy groups -OCH3 is 1. The Labute approximate surface area is 177 Å². The van der Waals surface area contributed by atoms with Gasteiger partial charge in [-0.1, -0.05) is 6.08 Å². The van der Waals surface area contributed by atoms with E-state index in [-0.39, 0.29) is 24.0 Å².